The van der Waals surface area contributed by atoms with E-state index in [-0.39, 0.29) is 5.54 Å². The van der Waals surface area contributed by atoms with Crippen LogP contribution >= 0.6 is 0 Å². The van der Waals surface area contributed by atoms with Gasteiger partial charge in [0.15, 0.2) is 22.7 Å². The Labute approximate surface area is 121 Å². The second-order valence-corrected chi connectivity index (χ2v) is 6.13. The van der Waals surface area contributed by atoms with Gasteiger partial charge in [0.25, 0.3) is 0 Å². The Morgan fingerprint density at radius 3 is 2.30 bits per heavy atom. The van der Waals surface area contributed by atoms with E-state index in [0.29, 0.717) is 0 Å². The number of rotatable bonds is 2. The fourth-order valence-electron chi connectivity index (χ4n) is 3.82. The molecule has 1 saturated carbocycles. The fraction of sp³-hybridized carbons (Fsp3) is 0.588. The van der Waals surface area contributed by atoms with Crippen LogP contribution in [0.25, 0.3) is 0 Å². The smallest absolute Gasteiger partial charge is 0.179 e. The van der Waals surface area contributed by atoms with Crippen LogP contribution in [0.1, 0.15) is 50.2 Å². The summed E-state index contributed by atoms with van der Waals surface area (Å²) in [7, 11) is 3.40. The Kier molecular flexibility index (Phi) is 3.45. The van der Waals surface area contributed by atoms with E-state index in [1.807, 2.05) is 0 Å². The Bertz CT molecular complexity index is 542. The van der Waals surface area contributed by atoms with Gasteiger partial charge >= 0.3 is 0 Å². The van der Waals surface area contributed by atoms with Crippen molar-refractivity contribution in [2.45, 2.75) is 51.0 Å². The standard InChI is InChI=1S/C17H23NO2/c1-12-14-10-16(20-3)15(19-2)9-13(14)11-17(18-12)7-5-4-6-8-17/h9-10H,4-8,11H2,1-3H3/p+1. The first-order valence-corrected chi connectivity index (χ1v) is 7.54. The minimum absolute atomic E-state index is 0.273. The fourth-order valence-corrected chi connectivity index (χ4v) is 3.82. The molecular weight excluding hydrogens is 250 g/mol. The van der Waals surface area contributed by atoms with Gasteiger partial charge in [0.05, 0.1) is 14.2 Å². The Hall–Kier alpha value is -1.51. The lowest BCUT2D eigenvalue weighted by Gasteiger charge is -2.33. The molecule has 0 atom stereocenters. The van der Waals surface area contributed by atoms with E-state index in [2.05, 4.69) is 24.0 Å². The molecule has 3 heteroatoms. The van der Waals surface area contributed by atoms with Crippen molar-refractivity contribution in [2.24, 2.45) is 0 Å². The molecular formula is C17H24NO2+. The van der Waals surface area contributed by atoms with E-state index in [1.165, 1.54) is 48.9 Å². The van der Waals surface area contributed by atoms with Gasteiger partial charge in [-0.2, -0.15) is 0 Å². The normalized spacial score (nSPS) is 20.2. The maximum Gasteiger partial charge on any atom is 0.179 e. The van der Waals surface area contributed by atoms with Gasteiger partial charge < -0.3 is 9.47 Å². The number of benzene rings is 1. The largest absolute Gasteiger partial charge is 0.493 e. The van der Waals surface area contributed by atoms with Gasteiger partial charge in [-0.25, -0.2) is 4.99 Å². The summed E-state index contributed by atoms with van der Waals surface area (Å²) in [4.78, 5) is 3.80. The van der Waals surface area contributed by atoms with E-state index in [9.17, 15) is 0 Å². The van der Waals surface area contributed by atoms with Gasteiger partial charge in [0.1, 0.15) is 0 Å². The quantitative estimate of drug-likeness (QED) is 0.892. The molecule has 108 valence electrons. The maximum absolute atomic E-state index is 5.46. The molecule has 20 heavy (non-hydrogen) atoms. The predicted octanol–water partition coefficient (Wildman–Crippen LogP) is 1.85. The Morgan fingerprint density at radius 2 is 1.65 bits per heavy atom. The number of ether oxygens (including phenoxy) is 2. The highest BCUT2D eigenvalue weighted by Crippen LogP contribution is 2.36. The van der Waals surface area contributed by atoms with Crippen molar-refractivity contribution in [3.05, 3.63) is 23.3 Å². The van der Waals surface area contributed by atoms with Crippen LogP contribution in [0.3, 0.4) is 0 Å². The van der Waals surface area contributed by atoms with Gasteiger partial charge in [-0.3, -0.25) is 0 Å². The summed E-state index contributed by atoms with van der Waals surface area (Å²) >= 11 is 0. The van der Waals surface area contributed by atoms with Gasteiger partial charge in [0.2, 0.25) is 0 Å². The summed E-state index contributed by atoms with van der Waals surface area (Å²) in [5.74, 6) is 1.65. The number of hydrogen-bond acceptors (Lipinski definition) is 2. The molecule has 1 aromatic rings. The molecule has 3 nitrogen and oxygen atoms in total. The first kappa shape index (κ1) is 13.5. The van der Waals surface area contributed by atoms with Crippen molar-refractivity contribution >= 4 is 5.71 Å². The molecule has 1 fully saturated rings. The zero-order chi connectivity index (χ0) is 14.2. The molecule has 0 unspecified atom stereocenters. The predicted molar refractivity (Wildman–Crippen MR) is 79.8 cm³/mol. The summed E-state index contributed by atoms with van der Waals surface area (Å²) in [6.45, 7) is 2.18. The highest BCUT2D eigenvalue weighted by molar-refractivity contribution is 5.97. The summed E-state index contributed by atoms with van der Waals surface area (Å²) in [6, 6.07) is 4.26. The molecule has 0 amide bonds. The third kappa shape index (κ3) is 2.19. The van der Waals surface area contributed by atoms with Gasteiger partial charge in [-0.15, -0.1) is 0 Å². The number of fused-ring (bicyclic) bond motifs is 1. The van der Waals surface area contributed by atoms with Crippen molar-refractivity contribution in [2.75, 3.05) is 14.2 Å². The third-order valence-corrected chi connectivity index (χ3v) is 4.81. The van der Waals surface area contributed by atoms with Crippen molar-refractivity contribution in [1.82, 2.24) is 0 Å². The molecule has 1 aliphatic heterocycles. The van der Waals surface area contributed by atoms with Crippen molar-refractivity contribution in [3.8, 4) is 11.5 Å². The highest BCUT2D eigenvalue weighted by atomic mass is 16.5. The van der Waals surface area contributed by atoms with Gasteiger partial charge in [-0.1, -0.05) is 6.42 Å². The van der Waals surface area contributed by atoms with Gasteiger partial charge in [0, 0.05) is 31.7 Å². The summed E-state index contributed by atoms with van der Waals surface area (Å²) in [5.41, 5.74) is 4.21. The zero-order valence-electron chi connectivity index (χ0n) is 12.7. The number of nitrogens with one attached hydrogen (secondary N) is 1. The summed E-state index contributed by atoms with van der Waals surface area (Å²) < 4.78 is 10.9. The first-order chi connectivity index (χ1) is 9.67. The zero-order valence-corrected chi connectivity index (χ0v) is 12.7. The molecule has 2 aliphatic rings. The first-order valence-electron chi connectivity index (χ1n) is 7.54. The second kappa shape index (κ2) is 5.12. The topological polar surface area (TPSA) is 32.4 Å². The minimum atomic E-state index is 0.273. The van der Waals surface area contributed by atoms with Crippen LogP contribution in [-0.2, 0) is 6.42 Å². The van der Waals surface area contributed by atoms with E-state index in [4.69, 9.17) is 9.47 Å². The molecule has 0 radical (unpaired) electrons. The van der Waals surface area contributed by atoms with E-state index < -0.39 is 0 Å². The van der Waals surface area contributed by atoms with Gasteiger partial charge in [-0.05, 0) is 30.5 Å². The molecule has 3 rings (SSSR count). The summed E-state index contributed by atoms with van der Waals surface area (Å²) in [5, 5.41) is 0. The average Bonchev–Trinajstić information content (AvgIpc) is 2.46. The Balaban J connectivity index is 2.04. The molecule has 0 bridgehead atoms. The van der Waals surface area contributed by atoms with Crippen LogP contribution in [0.4, 0.5) is 0 Å². The highest BCUT2D eigenvalue weighted by Gasteiger charge is 2.41. The van der Waals surface area contributed by atoms with E-state index in [1.54, 1.807) is 14.2 Å². The third-order valence-electron chi connectivity index (χ3n) is 4.81. The number of hydrogen-bond donors (Lipinski definition) is 1. The van der Waals surface area contributed by atoms with E-state index >= 15 is 0 Å². The maximum atomic E-state index is 5.46. The SMILES string of the molecule is COc1cc2c(cc1OC)C(C)=[NH+]C1(CCCCC1)C2. The lowest BCUT2D eigenvalue weighted by Crippen LogP contribution is -2.89. The lowest BCUT2D eigenvalue weighted by molar-refractivity contribution is -0.561. The minimum Gasteiger partial charge on any atom is -0.493 e. The second-order valence-electron chi connectivity index (χ2n) is 6.13. The lowest BCUT2D eigenvalue weighted by atomic mass is 9.75. The van der Waals surface area contributed by atoms with E-state index in [0.717, 1.165) is 17.9 Å². The molecule has 0 aromatic heterocycles. The molecule has 1 aromatic carbocycles. The average molecular weight is 274 g/mol. The molecule has 1 N–H and O–H groups in total. The molecule has 1 aliphatic carbocycles. The Morgan fingerprint density at radius 1 is 1.00 bits per heavy atom. The van der Waals surface area contributed by atoms with Crippen LogP contribution in [0.2, 0.25) is 0 Å². The number of methoxy groups -OCH3 is 2. The molecule has 1 heterocycles. The molecule has 0 saturated heterocycles. The van der Waals surface area contributed by atoms with Crippen LogP contribution in [-0.4, -0.2) is 25.5 Å². The van der Waals surface area contributed by atoms with Crippen molar-refractivity contribution in [1.29, 1.82) is 0 Å². The van der Waals surface area contributed by atoms with Crippen LogP contribution < -0.4 is 14.5 Å². The molecule has 1 spiro atoms. The van der Waals surface area contributed by atoms with Crippen LogP contribution in [0.15, 0.2) is 12.1 Å². The van der Waals surface area contributed by atoms with Crippen molar-refractivity contribution < 1.29 is 14.5 Å². The summed E-state index contributed by atoms with van der Waals surface area (Å²) in [6.07, 6.45) is 7.70. The van der Waals surface area contributed by atoms with Crippen LogP contribution in [0.5, 0.6) is 11.5 Å². The van der Waals surface area contributed by atoms with Crippen molar-refractivity contribution in [3.63, 3.8) is 0 Å². The monoisotopic (exact) mass is 274 g/mol. The van der Waals surface area contributed by atoms with Crippen LogP contribution in [0, 0.1) is 0 Å².